The van der Waals surface area contributed by atoms with Gasteiger partial charge in [-0.05, 0) is 48.0 Å². The molecule has 1 rings (SSSR count). The average Bonchev–Trinajstić information content (AvgIpc) is 2.46. The van der Waals surface area contributed by atoms with Gasteiger partial charge in [-0.2, -0.15) is 0 Å². The lowest BCUT2D eigenvalue weighted by molar-refractivity contribution is -0.104. The minimum absolute atomic E-state index is 0.284. The van der Waals surface area contributed by atoms with Gasteiger partial charge in [0.05, 0.1) is 0 Å². The molecule has 0 N–H and O–H groups in total. The summed E-state index contributed by atoms with van der Waals surface area (Å²) in [4.78, 5) is 10.7. The lowest BCUT2D eigenvalue weighted by Crippen LogP contribution is -2.21. The first-order valence-corrected chi connectivity index (χ1v) is 7.79. The molecule has 0 spiro atoms. The van der Waals surface area contributed by atoms with Crippen molar-refractivity contribution in [3.8, 4) is 0 Å². The van der Waals surface area contributed by atoms with E-state index >= 15 is 0 Å². The van der Waals surface area contributed by atoms with Crippen molar-refractivity contribution >= 4 is 12.4 Å². The van der Waals surface area contributed by atoms with Gasteiger partial charge in [-0.15, -0.1) is 0 Å². The van der Waals surface area contributed by atoms with E-state index in [1.165, 1.54) is 37.7 Å². The predicted molar refractivity (Wildman–Crippen MR) is 87.9 cm³/mol. The third-order valence-electron chi connectivity index (χ3n) is 4.07. The zero-order chi connectivity index (χ0) is 15.0. The van der Waals surface area contributed by atoms with Crippen LogP contribution in [0.25, 0.3) is 6.08 Å². The average molecular weight is 272 g/mol. The fraction of sp³-hybridized carbons (Fsp3) is 0.526. The maximum absolute atomic E-state index is 10.7. The van der Waals surface area contributed by atoms with Gasteiger partial charge < -0.3 is 0 Å². The van der Waals surface area contributed by atoms with Crippen LogP contribution in [0.1, 0.15) is 70.9 Å². The van der Waals surface area contributed by atoms with Gasteiger partial charge in [0.1, 0.15) is 6.29 Å². The van der Waals surface area contributed by atoms with Crippen LogP contribution in [-0.2, 0) is 10.2 Å². The number of unbranched alkanes of at least 4 members (excludes halogenated alkanes) is 1. The first-order chi connectivity index (χ1) is 9.55. The molecule has 1 heteroatoms. The Balaban J connectivity index is 2.95. The standard InChI is InChI=1S/C19H28O/c1-5-7-13-19(4,12-6-2)18-10-8-17(9-11-18)14-16(3)15-20/h8-11,14-15H,5-7,12-13H2,1-4H3. The molecular weight excluding hydrogens is 244 g/mol. The summed E-state index contributed by atoms with van der Waals surface area (Å²) in [7, 11) is 0. The Morgan fingerprint density at radius 2 is 1.75 bits per heavy atom. The molecule has 110 valence electrons. The van der Waals surface area contributed by atoms with Crippen molar-refractivity contribution in [2.24, 2.45) is 0 Å². The van der Waals surface area contributed by atoms with Gasteiger partial charge in [-0.3, -0.25) is 4.79 Å². The van der Waals surface area contributed by atoms with E-state index in [2.05, 4.69) is 45.0 Å². The first kappa shape index (κ1) is 16.7. The molecule has 0 fully saturated rings. The molecule has 0 amide bonds. The quantitative estimate of drug-likeness (QED) is 0.449. The summed E-state index contributed by atoms with van der Waals surface area (Å²) in [6.45, 7) is 8.73. The van der Waals surface area contributed by atoms with Crippen molar-refractivity contribution in [2.75, 3.05) is 0 Å². The number of carbonyl (C=O) groups excluding carboxylic acids is 1. The zero-order valence-electron chi connectivity index (χ0n) is 13.4. The Hall–Kier alpha value is -1.37. The van der Waals surface area contributed by atoms with E-state index in [0.29, 0.717) is 0 Å². The van der Waals surface area contributed by atoms with Gasteiger partial charge in [0, 0.05) is 0 Å². The topological polar surface area (TPSA) is 17.1 Å². The summed E-state index contributed by atoms with van der Waals surface area (Å²) < 4.78 is 0. The fourth-order valence-corrected chi connectivity index (χ4v) is 2.81. The number of allylic oxidation sites excluding steroid dienone is 1. The van der Waals surface area contributed by atoms with Crippen molar-refractivity contribution in [3.05, 3.63) is 41.0 Å². The first-order valence-electron chi connectivity index (χ1n) is 7.79. The van der Waals surface area contributed by atoms with Gasteiger partial charge in [-0.1, -0.05) is 64.3 Å². The number of rotatable bonds is 8. The lowest BCUT2D eigenvalue weighted by atomic mass is 9.75. The fourth-order valence-electron chi connectivity index (χ4n) is 2.81. The van der Waals surface area contributed by atoms with E-state index in [-0.39, 0.29) is 5.41 Å². The number of aldehydes is 1. The summed E-state index contributed by atoms with van der Waals surface area (Å²) >= 11 is 0. The van der Waals surface area contributed by atoms with Crippen molar-refractivity contribution in [2.45, 2.75) is 65.2 Å². The summed E-state index contributed by atoms with van der Waals surface area (Å²) in [5.74, 6) is 0. The highest BCUT2D eigenvalue weighted by atomic mass is 16.1. The Morgan fingerprint density at radius 3 is 2.25 bits per heavy atom. The van der Waals surface area contributed by atoms with Gasteiger partial charge in [0.2, 0.25) is 0 Å². The smallest absolute Gasteiger partial charge is 0.145 e. The van der Waals surface area contributed by atoms with Crippen molar-refractivity contribution in [3.63, 3.8) is 0 Å². The maximum atomic E-state index is 10.7. The normalized spacial score (nSPS) is 14.9. The summed E-state index contributed by atoms with van der Waals surface area (Å²) in [5, 5.41) is 0. The number of benzene rings is 1. The third-order valence-corrected chi connectivity index (χ3v) is 4.07. The Morgan fingerprint density at radius 1 is 1.10 bits per heavy atom. The molecule has 0 aliphatic rings. The van der Waals surface area contributed by atoms with Crippen molar-refractivity contribution < 1.29 is 4.79 Å². The van der Waals surface area contributed by atoms with Gasteiger partial charge in [0.15, 0.2) is 0 Å². The second-order valence-electron chi connectivity index (χ2n) is 6.04. The van der Waals surface area contributed by atoms with E-state index in [1.807, 2.05) is 13.0 Å². The second kappa shape index (κ2) is 8.04. The molecule has 0 aromatic heterocycles. The Bertz CT molecular complexity index is 441. The molecule has 0 radical (unpaired) electrons. The molecule has 1 nitrogen and oxygen atoms in total. The highest BCUT2D eigenvalue weighted by Gasteiger charge is 2.24. The van der Waals surface area contributed by atoms with Crippen molar-refractivity contribution in [1.82, 2.24) is 0 Å². The van der Waals surface area contributed by atoms with E-state index < -0.39 is 0 Å². The third kappa shape index (κ3) is 4.63. The zero-order valence-corrected chi connectivity index (χ0v) is 13.4. The van der Waals surface area contributed by atoms with Crippen LogP contribution >= 0.6 is 0 Å². The van der Waals surface area contributed by atoms with Crippen LogP contribution in [0.15, 0.2) is 29.8 Å². The molecule has 0 heterocycles. The highest BCUT2D eigenvalue weighted by Crippen LogP contribution is 2.34. The molecule has 0 aliphatic carbocycles. The van der Waals surface area contributed by atoms with Gasteiger partial charge in [0.25, 0.3) is 0 Å². The number of hydrogen-bond acceptors (Lipinski definition) is 1. The summed E-state index contributed by atoms with van der Waals surface area (Å²) in [6, 6.07) is 8.72. The van der Waals surface area contributed by atoms with Crippen LogP contribution in [0.4, 0.5) is 0 Å². The molecule has 0 aliphatic heterocycles. The van der Waals surface area contributed by atoms with E-state index in [4.69, 9.17) is 0 Å². The number of carbonyl (C=O) groups is 1. The SMILES string of the molecule is CCCCC(C)(CCC)c1ccc(C=C(C)C=O)cc1. The van der Waals surface area contributed by atoms with E-state index in [0.717, 1.165) is 17.4 Å². The molecular formula is C19H28O. The Kier molecular flexibility index (Phi) is 6.70. The highest BCUT2D eigenvalue weighted by molar-refractivity contribution is 5.80. The van der Waals surface area contributed by atoms with Crippen LogP contribution in [-0.4, -0.2) is 6.29 Å². The largest absolute Gasteiger partial charge is 0.298 e. The van der Waals surface area contributed by atoms with E-state index in [1.54, 1.807) is 0 Å². The summed E-state index contributed by atoms with van der Waals surface area (Å²) in [6.07, 6.45) is 9.05. The minimum Gasteiger partial charge on any atom is -0.298 e. The van der Waals surface area contributed by atoms with Gasteiger partial charge >= 0.3 is 0 Å². The summed E-state index contributed by atoms with van der Waals surface area (Å²) in [5.41, 5.74) is 3.58. The van der Waals surface area contributed by atoms with Gasteiger partial charge in [-0.25, -0.2) is 0 Å². The van der Waals surface area contributed by atoms with E-state index in [9.17, 15) is 4.79 Å². The monoisotopic (exact) mass is 272 g/mol. The maximum Gasteiger partial charge on any atom is 0.145 e. The van der Waals surface area contributed by atoms with Crippen LogP contribution in [0.3, 0.4) is 0 Å². The molecule has 1 aromatic rings. The molecule has 1 aromatic carbocycles. The molecule has 1 unspecified atom stereocenters. The minimum atomic E-state index is 0.284. The predicted octanol–water partition coefficient (Wildman–Crippen LogP) is 5.54. The van der Waals surface area contributed by atoms with Crippen LogP contribution in [0.2, 0.25) is 0 Å². The molecule has 1 atom stereocenters. The van der Waals surface area contributed by atoms with Crippen LogP contribution < -0.4 is 0 Å². The molecule has 20 heavy (non-hydrogen) atoms. The Labute approximate surface area is 124 Å². The molecule has 0 bridgehead atoms. The van der Waals surface area contributed by atoms with Crippen LogP contribution in [0, 0.1) is 0 Å². The molecule has 0 saturated carbocycles. The lowest BCUT2D eigenvalue weighted by Gasteiger charge is -2.30. The second-order valence-corrected chi connectivity index (χ2v) is 6.04. The van der Waals surface area contributed by atoms with Crippen molar-refractivity contribution in [1.29, 1.82) is 0 Å². The number of hydrogen-bond donors (Lipinski definition) is 0. The van der Waals surface area contributed by atoms with Crippen LogP contribution in [0.5, 0.6) is 0 Å². The molecule has 0 saturated heterocycles.